The van der Waals surface area contributed by atoms with E-state index in [2.05, 4.69) is 0 Å². The van der Waals surface area contributed by atoms with Gasteiger partial charge in [0.05, 0.1) is 11.5 Å². The molecule has 1 fully saturated rings. The zero-order valence-electron chi connectivity index (χ0n) is 10.2. The van der Waals surface area contributed by atoms with Gasteiger partial charge in [-0.2, -0.15) is 0 Å². The predicted octanol–water partition coefficient (Wildman–Crippen LogP) is 0.267. The lowest BCUT2D eigenvalue weighted by atomic mass is 10.3. The number of carbonyl (C=O) groups excluding carboxylic acids is 1. The summed E-state index contributed by atoms with van der Waals surface area (Å²) >= 11 is 1.44. The number of carboxylic acids is 1. The molecule has 1 rings (SSSR count). The summed E-state index contributed by atoms with van der Waals surface area (Å²) in [6.45, 7) is 3.58. The van der Waals surface area contributed by atoms with Gasteiger partial charge in [-0.3, -0.25) is 4.90 Å². The van der Waals surface area contributed by atoms with E-state index in [4.69, 9.17) is 5.11 Å². The van der Waals surface area contributed by atoms with Crippen molar-refractivity contribution in [1.29, 1.82) is 0 Å². The first-order chi connectivity index (χ1) is 7.84. The second-order valence-electron chi connectivity index (χ2n) is 4.21. The van der Waals surface area contributed by atoms with Crippen LogP contribution in [0.4, 0.5) is 4.79 Å². The average Bonchev–Trinajstić information content (AvgIpc) is 2.58. The second kappa shape index (κ2) is 5.59. The molecule has 0 saturated carbocycles. The number of aliphatic hydroxyl groups excluding tert-OH is 1. The van der Waals surface area contributed by atoms with Crippen LogP contribution in [0.1, 0.15) is 13.8 Å². The van der Waals surface area contributed by atoms with E-state index in [0.717, 1.165) is 0 Å². The molecule has 1 heterocycles. The van der Waals surface area contributed by atoms with Crippen LogP contribution >= 0.6 is 11.8 Å². The number of amides is 2. The molecule has 17 heavy (non-hydrogen) atoms. The van der Waals surface area contributed by atoms with Gasteiger partial charge in [0.25, 0.3) is 0 Å². The van der Waals surface area contributed by atoms with Crippen molar-refractivity contribution in [3.63, 3.8) is 0 Å². The number of rotatable bonds is 3. The van der Waals surface area contributed by atoms with Gasteiger partial charge in [-0.1, -0.05) is 0 Å². The van der Waals surface area contributed by atoms with Gasteiger partial charge in [-0.05, 0) is 13.8 Å². The highest BCUT2D eigenvalue weighted by atomic mass is 32.2. The monoisotopic (exact) mass is 262 g/mol. The van der Waals surface area contributed by atoms with Crippen LogP contribution < -0.4 is 0 Å². The van der Waals surface area contributed by atoms with Gasteiger partial charge >= 0.3 is 12.0 Å². The minimum Gasteiger partial charge on any atom is -0.480 e. The molecule has 0 aromatic carbocycles. The molecule has 2 amide bonds. The lowest BCUT2D eigenvalue weighted by Crippen LogP contribution is -2.51. The van der Waals surface area contributed by atoms with Gasteiger partial charge in [0.2, 0.25) is 0 Å². The highest BCUT2D eigenvalue weighted by Gasteiger charge is 2.40. The number of carbonyl (C=O) groups is 2. The van der Waals surface area contributed by atoms with Crippen molar-refractivity contribution < 1.29 is 19.8 Å². The highest BCUT2D eigenvalue weighted by Crippen LogP contribution is 2.29. The highest BCUT2D eigenvalue weighted by molar-refractivity contribution is 8.00. The molecule has 1 aliphatic heterocycles. The van der Waals surface area contributed by atoms with Gasteiger partial charge in [0.1, 0.15) is 6.04 Å². The summed E-state index contributed by atoms with van der Waals surface area (Å²) in [5, 5.41) is 18.1. The van der Waals surface area contributed by atoms with E-state index < -0.39 is 18.1 Å². The van der Waals surface area contributed by atoms with Crippen LogP contribution in [-0.4, -0.2) is 68.9 Å². The summed E-state index contributed by atoms with van der Waals surface area (Å²) in [5.74, 6) is -0.578. The van der Waals surface area contributed by atoms with Crippen molar-refractivity contribution in [2.24, 2.45) is 0 Å². The number of nitrogens with zero attached hydrogens (tertiary/aromatic N) is 2. The van der Waals surface area contributed by atoms with Crippen molar-refractivity contribution in [3.8, 4) is 0 Å². The fraction of sp³-hybridized carbons (Fsp3) is 0.800. The van der Waals surface area contributed by atoms with Gasteiger partial charge in [-0.15, -0.1) is 11.8 Å². The van der Waals surface area contributed by atoms with Crippen LogP contribution in [0.15, 0.2) is 0 Å². The first kappa shape index (κ1) is 14.1. The maximum Gasteiger partial charge on any atom is 0.327 e. The van der Waals surface area contributed by atoms with Gasteiger partial charge in [0.15, 0.2) is 0 Å². The fourth-order valence-corrected chi connectivity index (χ4v) is 2.96. The van der Waals surface area contributed by atoms with Crippen molar-refractivity contribution in [2.45, 2.75) is 31.4 Å². The average molecular weight is 262 g/mol. The number of likely N-dealkylation sites (N-methyl/N-ethyl adjacent to an activating group) is 1. The molecule has 7 heteroatoms. The van der Waals surface area contributed by atoms with Crippen molar-refractivity contribution >= 4 is 23.8 Å². The number of urea groups is 1. The van der Waals surface area contributed by atoms with E-state index in [1.165, 1.54) is 21.6 Å². The van der Waals surface area contributed by atoms with Crippen LogP contribution in [0.5, 0.6) is 0 Å². The van der Waals surface area contributed by atoms with Crippen molar-refractivity contribution in [2.75, 3.05) is 19.3 Å². The Balaban J connectivity index is 2.74. The molecular formula is C10H18N2O4S. The summed E-state index contributed by atoms with van der Waals surface area (Å²) in [4.78, 5) is 25.8. The third kappa shape index (κ3) is 3.26. The third-order valence-electron chi connectivity index (χ3n) is 2.59. The number of hydrogen-bond donors (Lipinski definition) is 2. The Morgan fingerprint density at radius 2 is 2.18 bits per heavy atom. The lowest BCUT2D eigenvalue weighted by molar-refractivity contribution is -0.141. The molecule has 1 aliphatic rings. The molecule has 0 aliphatic carbocycles. The SMILES string of the molecule is CC(O)CN(C)C(=O)N1C(C)SCC1C(=O)O. The van der Waals surface area contributed by atoms with E-state index in [0.29, 0.717) is 5.75 Å². The van der Waals surface area contributed by atoms with Crippen molar-refractivity contribution in [3.05, 3.63) is 0 Å². The maximum absolute atomic E-state index is 12.1. The van der Waals surface area contributed by atoms with Gasteiger partial charge in [-0.25, -0.2) is 9.59 Å². The predicted molar refractivity (Wildman–Crippen MR) is 64.9 cm³/mol. The molecule has 1 saturated heterocycles. The summed E-state index contributed by atoms with van der Waals surface area (Å²) in [7, 11) is 1.56. The number of thioether (sulfide) groups is 1. The van der Waals surface area contributed by atoms with Crippen LogP contribution in [0.3, 0.4) is 0 Å². The zero-order valence-corrected chi connectivity index (χ0v) is 11.0. The number of hydrogen-bond acceptors (Lipinski definition) is 4. The molecule has 0 aromatic rings. The Kier molecular flexibility index (Phi) is 4.64. The minimum absolute atomic E-state index is 0.153. The molecule has 98 valence electrons. The van der Waals surface area contributed by atoms with Crippen LogP contribution in [0.2, 0.25) is 0 Å². The Hall–Kier alpha value is -0.950. The number of carboxylic acid groups (broad SMARTS) is 1. The van der Waals surface area contributed by atoms with E-state index in [9.17, 15) is 14.7 Å². The molecule has 6 nitrogen and oxygen atoms in total. The van der Waals surface area contributed by atoms with Crippen LogP contribution in [0.25, 0.3) is 0 Å². The third-order valence-corrected chi connectivity index (χ3v) is 3.81. The first-order valence-corrected chi connectivity index (χ1v) is 6.45. The smallest absolute Gasteiger partial charge is 0.327 e. The van der Waals surface area contributed by atoms with E-state index in [-0.39, 0.29) is 17.9 Å². The largest absolute Gasteiger partial charge is 0.480 e. The number of aliphatic hydroxyl groups is 1. The Morgan fingerprint density at radius 3 is 2.65 bits per heavy atom. The molecular weight excluding hydrogens is 244 g/mol. The van der Waals surface area contributed by atoms with E-state index in [1.807, 2.05) is 6.92 Å². The summed E-state index contributed by atoms with van der Waals surface area (Å²) < 4.78 is 0. The first-order valence-electron chi connectivity index (χ1n) is 5.40. The van der Waals surface area contributed by atoms with Gasteiger partial charge < -0.3 is 15.1 Å². The lowest BCUT2D eigenvalue weighted by Gasteiger charge is -2.30. The maximum atomic E-state index is 12.1. The van der Waals surface area contributed by atoms with E-state index >= 15 is 0 Å². The zero-order chi connectivity index (χ0) is 13.2. The molecule has 0 bridgehead atoms. The molecule has 3 unspecified atom stereocenters. The van der Waals surface area contributed by atoms with Crippen molar-refractivity contribution in [1.82, 2.24) is 9.80 Å². The quantitative estimate of drug-likeness (QED) is 0.763. The minimum atomic E-state index is -0.986. The second-order valence-corrected chi connectivity index (χ2v) is 5.55. The Labute approximate surface area is 105 Å². The number of aliphatic carboxylic acids is 1. The summed E-state index contributed by atoms with van der Waals surface area (Å²) in [5.41, 5.74) is 0. The van der Waals surface area contributed by atoms with E-state index in [1.54, 1.807) is 14.0 Å². The standard InChI is InChI=1S/C10H18N2O4S/c1-6(13)4-11(3)10(16)12-7(2)17-5-8(12)9(14)15/h6-8,13H,4-5H2,1-3H3,(H,14,15). The van der Waals surface area contributed by atoms with Crippen LogP contribution in [-0.2, 0) is 4.79 Å². The topological polar surface area (TPSA) is 81.1 Å². The van der Waals surface area contributed by atoms with Gasteiger partial charge in [0, 0.05) is 19.3 Å². The molecule has 0 radical (unpaired) electrons. The summed E-state index contributed by atoms with van der Waals surface area (Å²) in [6, 6.07) is -1.13. The molecule has 3 atom stereocenters. The fourth-order valence-electron chi connectivity index (χ4n) is 1.80. The Bertz CT molecular complexity index is 311. The molecule has 0 spiro atoms. The Morgan fingerprint density at radius 1 is 1.59 bits per heavy atom. The van der Waals surface area contributed by atoms with Crippen LogP contribution in [0, 0.1) is 0 Å². The normalized spacial score (nSPS) is 25.8. The molecule has 2 N–H and O–H groups in total. The summed E-state index contributed by atoms with van der Waals surface area (Å²) in [6.07, 6.45) is -0.627. The molecule has 0 aromatic heterocycles.